The molecular formula is C13H18N4O4. The van der Waals surface area contributed by atoms with Crippen LogP contribution in [0, 0.1) is 10.1 Å². The topological polar surface area (TPSA) is 113 Å². The van der Waals surface area contributed by atoms with E-state index in [0.717, 1.165) is 6.42 Å². The smallest absolute Gasteiger partial charge is 0.320 e. The third-order valence-electron chi connectivity index (χ3n) is 2.64. The molecule has 1 aromatic rings. The molecule has 0 aromatic heterocycles. The molecule has 21 heavy (non-hydrogen) atoms. The Bertz CT molecular complexity index is 533. The zero-order valence-corrected chi connectivity index (χ0v) is 11.9. The summed E-state index contributed by atoms with van der Waals surface area (Å²) in [5.41, 5.74) is -0.142. The Morgan fingerprint density at radius 3 is 2.62 bits per heavy atom. The van der Waals surface area contributed by atoms with Gasteiger partial charge in [0.05, 0.1) is 4.92 Å². The molecule has 8 heteroatoms. The van der Waals surface area contributed by atoms with E-state index in [4.69, 9.17) is 0 Å². The molecule has 0 aliphatic rings. The average Bonchev–Trinajstić information content (AvgIpc) is 2.44. The van der Waals surface area contributed by atoms with Crippen LogP contribution >= 0.6 is 0 Å². The number of hydrogen-bond donors (Lipinski definition) is 3. The van der Waals surface area contributed by atoms with Crippen LogP contribution in [0.15, 0.2) is 24.3 Å². The summed E-state index contributed by atoms with van der Waals surface area (Å²) < 4.78 is 0. The monoisotopic (exact) mass is 294 g/mol. The zero-order valence-electron chi connectivity index (χ0n) is 11.9. The van der Waals surface area contributed by atoms with E-state index in [0.29, 0.717) is 6.54 Å². The number of carbonyl (C=O) groups is 2. The summed E-state index contributed by atoms with van der Waals surface area (Å²) in [5.74, 6) is -0.311. The van der Waals surface area contributed by atoms with Gasteiger partial charge < -0.3 is 16.0 Å². The lowest BCUT2D eigenvalue weighted by molar-refractivity contribution is -0.383. The molecule has 0 radical (unpaired) electrons. The van der Waals surface area contributed by atoms with Gasteiger partial charge in [-0.2, -0.15) is 0 Å². The molecule has 1 unspecified atom stereocenters. The molecule has 0 aliphatic heterocycles. The van der Waals surface area contributed by atoms with E-state index in [1.54, 1.807) is 6.07 Å². The minimum Gasteiger partial charge on any atom is -0.354 e. The van der Waals surface area contributed by atoms with Crippen LogP contribution in [0.1, 0.15) is 20.3 Å². The van der Waals surface area contributed by atoms with Gasteiger partial charge in [0.2, 0.25) is 5.91 Å². The molecule has 3 amide bonds. The fourth-order valence-corrected chi connectivity index (χ4v) is 1.56. The largest absolute Gasteiger partial charge is 0.354 e. The molecule has 0 saturated heterocycles. The number of amides is 3. The molecule has 1 rings (SSSR count). The SMILES string of the molecule is CCCNC(=O)C(C)NC(=O)Nc1ccccc1[N+](=O)[O-]. The van der Waals surface area contributed by atoms with Crippen molar-refractivity contribution in [2.24, 2.45) is 0 Å². The minimum absolute atomic E-state index is 0.0705. The molecule has 114 valence electrons. The average molecular weight is 294 g/mol. The second-order valence-electron chi connectivity index (χ2n) is 4.39. The number of hydrogen-bond acceptors (Lipinski definition) is 4. The van der Waals surface area contributed by atoms with Crippen molar-refractivity contribution in [3.63, 3.8) is 0 Å². The fourth-order valence-electron chi connectivity index (χ4n) is 1.56. The predicted octanol–water partition coefficient (Wildman–Crippen LogP) is 1.63. The van der Waals surface area contributed by atoms with Crippen molar-refractivity contribution in [1.29, 1.82) is 0 Å². The van der Waals surface area contributed by atoms with Gasteiger partial charge in [0.25, 0.3) is 5.69 Å². The number of nitrogens with zero attached hydrogens (tertiary/aromatic N) is 1. The van der Waals surface area contributed by atoms with Crippen molar-refractivity contribution in [2.75, 3.05) is 11.9 Å². The molecule has 0 spiro atoms. The van der Waals surface area contributed by atoms with Gasteiger partial charge in [-0.3, -0.25) is 14.9 Å². The fraction of sp³-hybridized carbons (Fsp3) is 0.385. The second kappa shape index (κ2) is 7.83. The number of nitrogens with one attached hydrogen (secondary N) is 3. The highest BCUT2D eigenvalue weighted by Crippen LogP contribution is 2.22. The summed E-state index contributed by atoms with van der Waals surface area (Å²) in [4.78, 5) is 33.6. The first-order chi connectivity index (χ1) is 9.95. The van der Waals surface area contributed by atoms with E-state index >= 15 is 0 Å². The van der Waals surface area contributed by atoms with E-state index in [1.807, 2.05) is 6.92 Å². The first-order valence-corrected chi connectivity index (χ1v) is 6.54. The zero-order chi connectivity index (χ0) is 15.8. The number of carbonyl (C=O) groups excluding carboxylic acids is 2. The van der Waals surface area contributed by atoms with E-state index in [2.05, 4.69) is 16.0 Å². The molecule has 0 fully saturated rings. The van der Waals surface area contributed by atoms with E-state index in [1.165, 1.54) is 25.1 Å². The summed E-state index contributed by atoms with van der Waals surface area (Å²) in [6.07, 6.45) is 0.793. The van der Waals surface area contributed by atoms with Crippen molar-refractivity contribution in [2.45, 2.75) is 26.3 Å². The highest BCUT2D eigenvalue weighted by molar-refractivity contribution is 5.95. The van der Waals surface area contributed by atoms with Crippen molar-refractivity contribution in [1.82, 2.24) is 10.6 Å². The Balaban J connectivity index is 2.62. The number of nitro benzene ring substituents is 1. The van der Waals surface area contributed by atoms with Crippen molar-refractivity contribution >= 4 is 23.3 Å². The quantitative estimate of drug-likeness (QED) is 0.546. The van der Waals surface area contributed by atoms with Crippen LogP contribution < -0.4 is 16.0 Å². The maximum atomic E-state index is 11.8. The number of rotatable bonds is 6. The summed E-state index contributed by atoms with van der Waals surface area (Å²) in [6, 6.07) is 4.36. The maximum Gasteiger partial charge on any atom is 0.320 e. The lowest BCUT2D eigenvalue weighted by Gasteiger charge is -2.14. The Hall–Kier alpha value is -2.64. The minimum atomic E-state index is -0.737. The number of anilines is 1. The van der Waals surface area contributed by atoms with Gasteiger partial charge >= 0.3 is 6.03 Å². The van der Waals surface area contributed by atoms with Crippen LogP contribution in [0.25, 0.3) is 0 Å². The van der Waals surface area contributed by atoms with Crippen LogP contribution in [-0.4, -0.2) is 29.4 Å². The third kappa shape index (κ3) is 5.09. The molecule has 3 N–H and O–H groups in total. The van der Waals surface area contributed by atoms with Gasteiger partial charge in [0, 0.05) is 12.6 Å². The third-order valence-corrected chi connectivity index (χ3v) is 2.64. The Kier molecular flexibility index (Phi) is 6.12. The Morgan fingerprint density at radius 1 is 1.33 bits per heavy atom. The lowest BCUT2D eigenvalue weighted by Crippen LogP contribution is -2.46. The predicted molar refractivity (Wildman–Crippen MR) is 78.0 cm³/mol. The van der Waals surface area contributed by atoms with Crippen LogP contribution in [0.3, 0.4) is 0 Å². The number of urea groups is 1. The Labute approximate surface area is 122 Å². The van der Waals surface area contributed by atoms with Crippen LogP contribution in [0.2, 0.25) is 0 Å². The van der Waals surface area contributed by atoms with E-state index in [9.17, 15) is 19.7 Å². The highest BCUT2D eigenvalue weighted by Gasteiger charge is 2.18. The number of benzene rings is 1. The van der Waals surface area contributed by atoms with Gasteiger partial charge in [0.1, 0.15) is 11.7 Å². The van der Waals surface area contributed by atoms with E-state index in [-0.39, 0.29) is 17.3 Å². The maximum absolute atomic E-state index is 11.8. The summed E-state index contributed by atoms with van der Waals surface area (Å²) in [7, 11) is 0. The molecule has 0 aliphatic carbocycles. The first kappa shape index (κ1) is 16.4. The van der Waals surface area contributed by atoms with Crippen LogP contribution in [0.4, 0.5) is 16.2 Å². The molecule has 8 nitrogen and oxygen atoms in total. The van der Waals surface area contributed by atoms with Crippen molar-refractivity contribution in [3.05, 3.63) is 34.4 Å². The Morgan fingerprint density at radius 2 is 2.00 bits per heavy atom. The second-order valence-corrected chi connectivity index (χ2v) is 4.39. The first-order valence-electron chi connectivity index (χ1n) is 6.54. The molecule has 1 aromatic carbocycles. The molecule has 0 heterocycles. The normalized spacial score (nSPS) is 11.3. The molecule has 0 bridgehead atoms. The van der Waals surface area contributed by atoms with Gasteiger partial charge in [0.15, 0.2) is 0 Å². The van der Waals surface area contributed by atoms with Gasteiger partial charge in [-0.1, -0.05) is 19.1 Å². The number of para-hydroxylation sites is 2. The van der Waals surface area contributed by atoms with Gasteiger partial charge in [-0.25, -0.2) is 4.79 Å². The van der Waals surface area contributed by atoms with Gasteiger partial charge in [-0.15, -0.1) is 0 Å². The lowest BCUT2D eigenvalue weighted by atomic mass is 10.2. The summed E-state index contributed by atoms with van der Waals surface area (Å²) >= 11 is 0. The standard InChI is InChI=1S/C13H18N4O4/c1-3-8-14-12(18)9(2)15-13(19)16-10-6-4-5-7-11(10)17(20)21/h4-7,9H,3,8H2,1-2H3,(H,14,18)(H2,15,16,19). The molecule has 1 atom stereocenters. The van der Waals surface area contributed by atoms with E-state index < -0.39 is 17.0 Å². The van der Waals surface area contributed by atoms with Gasteiger partial charge in [-0.05, 0) is 19.4 Å². The molecular weight excluding hydrogens is 276 g/mol. The van der Waals surface area contributed by atoms with Crippen molar-refractivity contribution < 1.29 is 14.5 Å². The summed E-state index contributed by atoms with van der Waals surface area (Å²) in [6.45, 7) is 3.97. The van der Waals surface area contributed by atoms with Crippen LogP contribution in [-0.2, 0) is 4.79 Å². The summed E-state index contributed by atoms with van der Waals surface area (Å²) in [5, 5.41) is 18.2. The van der Waals surface area contributed by atoms with Crippen LogP contribution in [0.5, 0.6) is 0 Å². The highest BCUT2D eigenvalue weighted by atomic mass is 16.6. The van der Waals surface area contributed by atoms with Crippen molar-refractivity contribution in [3.8, 4) is 0 Å². The molecule has 0 saturated carbocycles. The number of nitro groups is 1.